The SMILES string of the molecule is C=C/C(C)=C/C=C/C(C)=C/C=C=C1C(C)=CC(C=C)CC1(C)C.[H]. The topological polar surface area (TPSA) is 0 Å². The van der Waals surface area contributed by atoms with Crippen LogP contribution in [-0.4, -0.2) is 0 Å². The molecule has 0 N–H and O–H groups in total. The largest absolute Gasteiger partial charge is 0.116 e. The average Bonchev–Trinajstić information content (AvgIpc) is 2.49. The van der Waals surface area contributed by atoms with Gasteiger partial charge in [0.15, 0.2) is 0 Å². The first-order valence-electron chi connectivity index (χ1n) is 8.23. The highest BCUT2D eigenvalue weighted by molar-refractivity contribution is 5.39. The lowest BCUT2D eigenvalue weighted by Gasteiger charge is -2.34. The van der Waals surface area contributed by atoms with Crippen molar-refractivity contribution in [3.8, 4) is 0 Å². The summed E-state index contributed by atoms with van der Waals surface area (Å²) in [7, 11) is 0. The van der Waals surface area contributed by atoms with Crippen molar-refractivity contribution in [1.82, 2.24) is 0 Å². The van der Waals surface area contributed by atoms with Crippen molar-refractivity contribution in [2.24, 2.45) is 11.3 Å². The van der Waals surface area contributed by atoms with Crippen LogP contribution in [0.15, 0.2) is 89.8 Å². The molecular formula is C23H31. The van der Waals surface area contributed by atoms with Gasteiger partial charge in [-0.05, 0) is 50.2 Å². The van der Waals surface area contributed by atoms with Gasteiger partial charge in [0.2, 0.25) is 0 Å². The molecule has 0 aliphatic heterocycles. The zero-order valence-corrected chi connectivity index (χ0v) is 15.3. The Bertz CT molecular complexity index is 642. The maximum absolute atomic E-state index is 3.93. The summed E-state index contributed by atoms with van der Waals surface area (Å²) in [4.78, 5) is 0. The first-order valence-corrected chi connectivity index (χ1v) is 8.23. The lowest BCUT2D eigenvalue weighted by molar-refractivity contribution is 0.368. The molecule has 1 atom stereocenters. The Morgan fingerprint density at radius 3 is 2.52 bits per heavy atom. The van der Waals surface area contributed by atoms with E-state index in [1.165, 1.54) is 16.7 Å². The number of allylic oxidation sites excluding steroid dienone is 11. The monoisotopic (exact) mass is 307 g/mol. The van der Waals surface area contributed by atoms with Crippen LogP contribution in [0.1, 0.15) is 42.5 Å². The van der Waals surface area contributed by atoms with E-state index in [0.717, 1.165) is 12.0 Å². The van der Waals surface area contributed by atoms with E-state index in [0.29, 0.717) is 5.92 Å². The van der Waals surface area contributed by atoms with E-state index in [9.17, 15) is 0 Å². The molecule has 1 unspecified atom stereocenters. The third-order valence-corrected chi connectivity index (χ3v) is 4.20. The van der Waals surface area contributed by atoms with Crippen LogP contribution in [0.2, 0.25) is 0 Å². The van der Waals surface area contributed by atoms with Gasteiger partial charge in [0.05, 0.1) is 0 Å². The van der Waals surface area contributed by atoms with Crippen LogP contribution < -0.4 is 0 Å². The molecule has 0 aromatic rings. The fraction of sp³-hybridized carbons (Fsp3) is 0.348. The van der Waals surface area contributed by atoms with Gasteiger partial charge in [-0.3, -0.25) is 0 Å². The summed E-state index contributed by atoms with van der Waals surface area (Å²) < 4.78 is 0. The minimum atomic E-state index is 0. The molecule has 123 valence electrons. The summed E-state index contributed by atoms with van der Waals surface area (Å²) in [5, 5.41) is 0. The van der Waals surface area contributed by atoms with Gasteiger partial charge in [-0.1, -0.05) is 74.1 Å². The highest BCUT2D eigenvalue weighted by Gasteiger charge is 2.30. The van der Waals surface area contributed by atoms with Gasteiger partial charge >= 0.3 is 0 Å². The normalized spacial score (nSPS) is 21.7. The minimum absolute atomic E-state index is 0. The second kappa shape index (κ2) is 8.56. The predicted octanol–water partition coefficient (Wildman–Crippen LogP) is 6.99. The van der Waals surface area contributed by atoms with Crippen molar-refractivity contribution in [1.29, 1.82) is 0 Å². The summed E-state index contributed by atoms with van der Waals surface area (Å²) >= 11 is 0. The van der Waals surface area contributed by atoms with Crippen molar-refractivity contribution in [2.45, 2.75) is 41.0 Å². The maximum Gasteiger partial charge on any atom is 0.00226 e. The molecule has 0 aromatic heterocycles. The second-order valence-electron chi connectivity index (χ2n) is 6.91. The van der Waals surface area contributed by atoms with Crippen molar-refractivity contribution < 1.29 is 1.43 Å². The molecule has 0 saturated heterocycles. The van der Waals surface area contributed by atoms with Gasteiger partial charge in [0.1, 0.15) is 0 Å². The van der Waals surface area contributed by atoms with Crippen molar-refractivity contribution in [3.05, 3.63) is 89.8 Å². The molecule has 0 saturated carbocycles. The minimum Gasteiger partial charge on any atom is -0.116 e. The van der Waals surface area contributed by atoms with Gasteiger partial charge in [-0.2, -0.15) is 0 Å². The number of rotatable bonds is 5. The highest BCUT2D eigenvalue weighted by Crippen LogP contribution is 2.42. The summed E-state index contributed by atoms with van der Waals surface area (Å²) in [6.07, 6.45) is 17.6. The van der Waals surface area contributed by atoms with Crippen molar-refractivity contribution >= 4 is 0 Å². The van der Waals surface area contributed by atoms with Crippen LogP contribution in [0.3, 0.4) is 0 Å². The van der Waals surface area contributed by atoms with Crippen LogP contribution in [-0.2, 0) is 0 Å². The van der Waals surface area contributed by atoms with Crippen LogP contribution in [0.5, 0.6) is 0 Å². The number of hydrogen-bond donors (Lipinski definition) is 0. The molecule has 0 spiro atoms. The molecule has 1 aliphatic carbocycles. The zero-order valence-electron chi connectivity index (χ0n) is 16.3. The summed E-state index contributed by atoms with van der Waals surface area (Å²) in [5.41, 5.74) is 8.60. The molecule has 0 aromatic carbocycles. The zero-order chi connectivity index (χ0) is 17.5. The average molecular weight is 308 g/mol. The number of hydrogen-bond acceptors (Lipinski definition) is 0. The molecule has 1 radical (unpaired) electrons. The third-order valence-electron chi connectivity index (χ3n) is 4.20. The standard InChI is InChI=1S/C23H30.H/c1-8-18(3)12-10-13-19(4)14-11-15-22-20(5)16-21(9-2)17-23(22,6)7;/h8-14,16,21H,1-2,17H2,3-7H3;/b13-10+,18-12+,19-14+;. The second-order valence-corrected chi connectivity index (χ2v) is 6.91. The molecule has 0 heterocycles. The van der Waals surface area contributed by atoms with Gasteiger partial charge in [0, 0.05) is 7.00 Å². The van der Waals surface area contributed by atoms with Crippen LogP contribution in [0, 0.1) is 11.3 Å². The van der Waals surface area contributed by atoms with E-state index in [4.69, 9.17) is 0 Å². The first-order chi connectivity index (χ1) is 10.8. The van der Waals surface area contributed by atoms with E-state index in [2.05, 4.69) is 70.9 Å². The molecule has 0 amide bonds. The molecule has 0 bridgehead atoms. The fourth-order valence-corrected chi connectivity index (χ4v) is 2.88. The third kappa shape index (κ3) is 5.93. The quantitative estimate of drug-likeness (QED) is 0.291. The predicted molar refractivity (Wildman–Crippen MR) is 105 cm³/mol. The van der Waals surface area contributed by atoms with Gasteiger partial charge < -0.3 is 0 Å². The fourth-order valence-electron chi connectivity index (χ4n) is 2.88. The van der Waals surface area contributed by atoms with E-state index in [-0.39, 0.29) is 6.84 Å². The Morgan fingerprint density at radius 1 is 1.26 bits per heavy atom. The summed E-state index contributed by atoms with van der Waals surface area (Å²) in [5.74, 6) is 0.468. The molecule has 0 nitrogen and oxygen atoms in total. The van der Waals surface area contributed by atoms with Crippen molar-refractivity contribution in [2.75, 3.05) is 0 Å². The lowest BCUT2D eigenvalue weighted by Crippen LogP contribution is -2.23. The Balaban J connectivity index is 0.00000529. The van der Waals surface area contributed by atoms with E-state index in [1.807, 2.05) is 31.2 Å². The summed E-state index contributed by atoms with van der Waals surface area (Å²) in [6, 6.07) is 0. The highest BCUT2D eigenvalue weighted by atomic mass is 14.3. The summed E-state index contributed by atoms with van der Waals surface area (Å²) in [6.45, 7) is 18.6. The van der Waals surface area contributed by atoms with E-state index in [1.54, 1.807) is 0 Å². The van der Waals surface area contributed by atoms with Gasteiger partial charge in [0.25, 0.3) is 0 Å². The van der Waals surface area contributed by atoms with Crippen LogP contribution in [0.4, 0.5) is 0 Å². The smallest absolute Gasteiger partial charge is 0.00226 e. The Kier molecular flexibility index (Phi) is 7.07. The lowest BCUT2D eigenvalue weighted by atomic mass is 9.70. The maximum atomic E-state index is 3.93. The van der Waals surface area contributed by atoms with Gasteiger partial charge in [-0.25, -0.2) is 0 Å². The van der Waals surface area contributed by atoms with E-state index < -0.39 is 0 Å². The molecule has 1 rings (SSSR count). The molecular weight excluding hydrogens is 276 g/mol. The molecule has 23 heavy (non-hydrogen) atoms. The Hall–Kier alpha value is -2.04. The van der Waals surface area contributed by atoms with E-state index >= 15 is 0 Å². The van der Waals surface area contributed by atoms with Crippen LogP contribution in [0.25, 0.3) is 0 Å². The van der Waals surface area contributed by atoms with Gasteiger partial charge in [-0.15, -0.1) is 12.3 Å². The molecule has 0 fully saturated rings. The van der Waals surface area contributed by atoms with Crippen LogP contribution >= 0.6 is 0 Å². The Labute approximate surface area is 144 Å². The first kappa shape index (κ1) is 19.0. The Morgan fingerprint density at radius 2 is 1.96 bits per heavy atom. The molecule has 0 heteroatoms. The van der Waals surface area contributed by atoms with Crippen molar-refractivity contribution in [3.63, 3.8) is 0 Å². The molecule has 1 aliphatic rings.